The largest absolute Gasteiger partial charge is 0.399 e. The summed E-state index contributed by atoms with van der Waals surface area (Å²) in [7, 11) is 1.58. The number of aliphatic hydroxyl groups is 1. The molecule has 3 aliphatic carbocycles. The van der Waals surface area contributed by atoms with E-state index in [4.69, 9.17) is 4.84 Å². The Morgan fingerprint density at radius 1 is 1.50 bits per heavy atom. The van der Waals surface area contributed by atoms with E-state index in [1.54, 1.807) is 7.11 Å². The molecule has 2 bridgehead atoms. The lowest BCUT2D eigenvalue weighted by molar-refractivity contribution is -0.0244. The van der Waals surface area contributed by atoms with E-state index in [2.05, 4.69) is 19.0 Å². The number of oxime groups is 1. The molecule has 80 valence electrons. The first-order chi connectivity index (χ1) is 6.61. The number of fused-ring (bicyclic) bond motifs is 2. The van der Waals surface area contributed by atoms with Crippen molar-refractivity contribution in [2.24, 2.45) is 28.3 Å². The molecule has 0 aromatic rings. The van der Waals surface area contributed by atoms with Crippen LogP contribution in [0.15, 0.2) is 5.16 Å². The zero-order chi connectivity index (χ0) is 10.3. The predicted octanol–water partition coefficient (Wildman–Crippen LogP) is 1.66. The van der Waals surface area contributed by atoms with Crippen LogP contribution in [0.5, 0.6) is 0 Å². The van der Waals surface area contributed by atoms with Gasteiger partial charge < -0.3 is 9.94 Å². The zero-order valence-corrected chi connectivity index (χ0v) is 9.16. The highest BCUT2D eigenvalue weighted by molar-refractivity contribution is 5.91. The van der Waals surface area contributed by atoms with E-state index in [1.807, 2.05) is 0 Å². The second-order valence-corrected chi connectivity index (χ2v) is 5.12. The molecule has 0 saturated heterocycles. The molecule has 0 radical (unpaired) electrons. The Bertz CT molecular complexity index is 260. The van der Waals surface area contributed by atoms with Crippen molar-refractivity contribution in [2.75, 3.05) is 13.7 Å². The van der Waals surface area contributed by atoms with Crippen LogP contribution < -0.4 is 0 Å². The van der Waals surface area contributed by atoms with Gasteiger partial charge in [0.05, 0.1) is 12.3 Å². The smallest absolute Gasteiger partial charge is 0.106 e. The molecule has 14 heavy (non-hydrogen) atoms. The third kappa shape index (κ3) is 1.18. The molecule has 3 fully saturated rings. The molecule has 0 aromatic carbocycles. The lowest BCUT2D eigenvalue weighted by atomic mass is 9.46. The summed E-state index contributed by atoms with van der Waals surface area (Å²) in [5.74, 6) is 1.53. The first kappa shape index (κ1) is 9.97. The van der Waals surface area contributed by atoms with Crippen molar-refractivity contribution < 1.29 is 9.94 Å². The number of rotatable bonds is 2. The molecule has 0 unspecified atom stereocenters. The molecular weight excluding hydrogens is 178 g/mol. The molecule has 0 heterocycles. The number of nitrogens with zero attached hydrogens (tertiary/aromatic N) is 1. The van der Waals surface area contributed by atoms with Gasteiger partial charge in [-0.25, -0.2) is 0 Å². The first-order valence-corrected chi connectivity index (χ1v) is 5.33. The summed E-state index contributed by atoms with van der Waals surface area (Å²) in [6, 6.07) is 0. The van der Waals surface area contributed by atoms with Gasteiger partial charge in [0.25, 0.3) is 0 Å². The molecule has 3 atom stereocenters. The summed E-state index contributed by atoms with van der Waals surface area (Å²) in [4.78, 5) is 4.88. The van der Waals surface area contributed by atoms with Crippen LogP contribution in [0.25, 0.3) is 0 Å². The van der Waals surface area contributed by atoms with Crippen molar-refractivity contribution >= 4 is 5.71 Å². The van der Waals surface area contributed by atoms with Gasteiger partial charge >= 0.3 is 0 Å². The fourth-order valence-corrected chi connectivity index (χ4v) is 3.08. The minimum Gasteiger partial charge on any atom is -0.399 e. The van der Waals surface area contributed by atoms with Gasteiger partial charge in [-0.05, 0) is 24.2 Å². The summed E-state index contributed by atoms with van der Waals surface area (Å²) >= 11 is 0. The SMILES string of the molecule is CON=C1[C@H](CO)C[C@H]2C[C@@H]1C2(C)C. The van der Waals surface area contributed by atoms with E-state index in [9.17, 15) is 5.11 Å². The molecule has 0 aliphatic heterocycles. The van der Waals surface area contributed by atoms with E-state index in [1.165, 1.54) is 6.42 Å². The molecule has 3 saturated carbocycles. The van der Waals surface area contributed by atoms with Crippen LogP contribution >= 0.6 is 0 Å². The molecule has 3 heteroatoms. The molecule has 0 spiro atoms. The third-order valence-corrected chi connectivity index (χ3v) is 4.23. The average molecular weight is 197 g/mol. The Kier molecular flexibility index (Phi) is 2.30. The van der Waals surface area contributed by atoms with E-state index >= 15 is 0 Å². The van der Waals surface area contributed by atoms with Crippen molar-refractivity contribution in [1.29, 1.82) is 0 Å². The van der Waals surface area contributed by atoms with Crippen molar-refractivity contribution in [3.05, 3.63) is 0 Å². The van der Waals surface area contributed by atoms with E-state index in [0.717, 1.165) is 18.1 Å². The van der Waals surface area contributed by atoms with Crippen molar-refractivity contribution in [1.82, 2.24) is 0 Å². The highest BCUT2D eigenvalue weighted by Gasteiger charge is 2.56. The van der Waals surface area contributed by atoms with E-state index < -0.39 is 0 Å². The lowest BCUT2D eigenvalue weighted by Crippen LogP contribution is -2.56. The van der Waals surface area contributed by atoms with Crippen LogP contribution in [0, 0.1) is 23.2 Å². The van der Waals surface area contributed by atoms with Crippen LogP contribution in [-0.4, -0.2) is 24.5 Å². The fourth-order valence-electron chi connectivity index (χ4n) is 3.08. The summed E-state index contributed by atoms with van der Waals surface area (Å²) < 4.78 is 0. The second-order valence-electron chi connectivity index (χ2n) is 5.12. The van der Waals surface area contributed by atoms with Crippen LogP contribution in [0.2, 0.25) is 0 Å². The molecule has 0 aromatic heterocycles. The van der Waals surface area contributed by atoms with E-state index in [0.29, 0.717) is 11.3 Å². The predicted molar refractivity (Wildman–Crippen MR) is 55.0 cm³/mol. The normalized spacial score (nSPS) is 42.0. The van der Waals surface area contributed by atoms with Crippen LogP contribution in [-0.2, 0) is 4.84 Å². The van der Waals surface area contributed by atoms with Crippen LogP contribution in [0.4, 0.5) is 0 Å². The van der Waals surface area contributed by atoms with Crippen LogP contribution in [0.1, 0.15) is 26.7 Å². The molecular formula is C11H19NO2. The Balaban J connectivity index is 2.22. The van der Waals surface area contributed by atoms with Gasteiger partial charge in [0, 0.05) is 11.8 Å². The first-order valence-electron chi connectivity index (χ1n) is 5.33. The average Bonchev–Trinajstić information content (AvgIpc) is 2.18. The van der Waals surface area contributed by atoms with Gasteiger partial charge in [0.2, 0.25) is 0 Å². The maximum Gasteiger partial charge on any atom is 0.106 e. The maximum absolute atomic E-state index is 9.26. The van der Waals surface area contributed by atoms with Gasteiger partial charge in [-0.2, -0.15) is 0 Å². The quantitative estimate of drug-likeness (QED) is 0.684. The molecule has 0 amide bonds. The summed E-state index contributed by atoms with van der Waals surface area (Å²) in [6.07, 6.45) is 2.30. The molecule has 3 rings (SSSR count). The molecule has 3 aliphatic rings. The Hall–Kier alpha value is -0.570. The van der Waals surface area contributed by atoms with Crippen molar-refractivity contribution in [2.45, 2.75) is 26.7 Å². The van der Waals surface area contributed by atoms with Crippen molar-refractivity contribution in [3.8, 4) is 0 Å². The standard InChI is InChI=1S/C11H19NO2/c1-11(2)8-4-7(6-13)10(12-14-3)9(11)5-8/h7-9,13H,4-6H2,1-3H3/t7-,8-,9-/m0/s1. The topological polar surface area (TPSA) is 41.8 Å². The Morgan fingerprint density at radius 3 is 2.71 bits per heavy atom. The summed E-state index contributed by atoms with van der Waals surface area (Å²) in [6.45, 7) is 4.81. The minimum absolute atomic E-state index is 0.214. The second kappa shape index (κ2) is 3.23. The van der Waals surface area contributed by atoms with Gasteiger partial charge in [-0.1, -0.05) is 19.0 Å². The van der Waals surface area contributed by atoms with Gasteiger partial charge in [0.1, 0.15) is 7.11 Å². The minimum atomic E-state index is 0.214. The van der Waals surface area contributed by atoms with Crippen molar-refractivity contribution in [3.63, 3.8) is 0 Å². The molecule has 3 nitrogen and oxygen atoms in total. The summed E-state index contributed by atoms with van der Waals surface area (Å²) in [5.41, 5.74) is 1.45. The zero-order valence-electron chi connectivity index (χ0n) is 9.16. The Labute approximate surface area is 85.1 Å². The highest BCUT2D eigenvalue weighted by Crippen LogP contribution is 2.59. The number of hydrogen-bond donors (Lipinski definition) is 1. The third-order valence-electron chi connectivity index (χ3n) is 4.23. The van der Waals surface area contributed by atoms with Gasteiger partial charge in [-0.3, -0.25) is 0 Å². The number of hydrogen-bond acceptors (Lipinski definition) is 3. The Morgan fingerprint density at radius 2 is 2.21 bits per heavy atom. The van der Waals surface area contributed by atoms with E-state index in [-0.39, 0.29) is 12.5 Å². The van der Waals surface area contributed by atoms with Gasteiger partial charge in [0.15, 0.2) is 0 Å². The number of aliphatic hydroxyl groups excluding tert-OH is 1. The van der Waals surface area contributed by atoms with Gasteiger partial charge in [-0.15, -0.1) is 0 Å². The molecule has 1 N–H and O–H groups in total. The maximum atomic E-state index is 9.26. The lowest BCUT2D eigenvalue weighted by Gasteiger charge is -2.58. The monoisotopic (exact) mass is 197 g/mol. The fraction of sp³-hybridized carbons (Fsp3) is 0.909. The summed E-state index contributed by atoms with van der Waals surface area (Å²) in [5, 5.41) is 13.4. The van der Waals surface area contributed by atoms with Crippen LogP contribution in [0.3, 0.4) is 0 Å². The highest BCUT2D eigenvalue weighted by atomic mass is 16.6.